The lowest BCUT2D eigenvalue weighted by Gasteiger charge is -2.36. The predicted octanol–water partition coefficient (Wildman–Crippen LogP) is 5.92. The molecule has 6 aromatic rings. The highest BCUT2D eigenvalue weighted by molar-refractivity contribution is 7.60. The SMILES string of the molecule is O=P(O)(O)c1cccc(-c2cccc(CC(Cc3ccc(C(F)(F)[P+](O)(O)O)cc3)(c3ccccc3)n3nnc4ccccc43)c2)c1. The normalized spacial score (nSPS) is 13.9. The molecular weight excluding hydrogens is 646 g/mol. The first-order valence-electron chi connectivity index (χ1n) is 14.4. The average Bonchev–Trinajstić information content (AvgIpc) is 3.49. The van der Waals surface area contributed by atoms with Gasteiger partial charge in [-0.15, -0.1) is 5.10 Å². The Hall–Kier alpha value is -4.18. The molecule has 5 N–H and O–H groups in total. The number of rotatable bonds is 10. The summed E-state index contributed by atoms with van der Waals surface area (Å²) in [5.74, 6) is 0. The zero-order chi connectivity index (χ0) is 33.5. The van der Waals surface area contributed by atoms with Crippen molar-refractivity contribution in [3.63, 3.8) is 0 Å². The summed E-state index contributed by atoms with van der Waals surface area (Å²) in [6.45, 7) is 0. The van der Waals surface area contributed by atoms with Crippen molar-refractivity contribution in [3.05, 3.63) is 150 Å². The lowest BCUT2D eigenvalue weighted by atomic mass is 9.78. The van der Waals surface area contributed by atoms with E-state index in [-0.39, 0.29) is 11.7 Å². The van der Waals surface area contributed by atoms with E-state index < -0.39 is 32.3 Å². The van der Waals surface area contributed by atoms with Crippen LogP contribution in [0.5, 0.6) is 0 Å². The van der Waals surface area contributed by atoms with Crippen molar-refractivity contribution in [2.45, 2.75) is 24.0 Å². The summed E-state index contributed by atoms with van der Waals surface area (Å²) in [7, 11) is -9.97. The van der Waals surface area contributed by atoms with E-state index in [0.29, 0.717) is 23.1 Å². The van der Waals surface area contributed by atoms with Gasteiger partial charge in [-0.05, 0) is 64.2 Å². The molecule has 0 spiro atoms. The van der Waals surface area contributed by atoms with Gasteiger partial charge in [0.05, 0.1) is 21.9 Å². The minimum absolute atomic E-state index is 0.0925. The van der Waals surface area contributed by atoms with Crippen molar-refractivity contribution in [1.29, 1.82) is 0 Å². The van der Waals surface area contributed by atoms with Crippen LogP contribution in [0.4, 0.5) is 8.78 Å². The third-order valence-corrected chi connectivity index (χ3v) is 10.1. The Morgan fingerprint density at radius 3 is 1.98 bits per heavy atom. The molecule has 5 aromatic carbocycles. The Labute approximate surface area is 269 Å². The molecule has 1 atom stereocenters. The highest BCUT2D eigenvalue weighted by atomic mass is 31.2. The van der Waals surface area contributed by atoms with Gasteiger partial charge in [0, 0.05) is 12.8 Å². The molecule has 9 nitrogen and oxygen atoms in total. The fraction of sp³-hybridized carbons (Fsp3) is 0.118. The summed E-state index contributed by atoms with van der Waals surface area (Å²) in [4.78, 5) is 47.6. The topological polar surface area (TPSA) is 149 Å². The molecule has 6 rings (SSSR count). The molecule has 0 aliphatic carbocycles. The summed E-state index contributed by atoms with van der Waals surface area (Å²) in [5.41, 5.74) is -0.872. The van der Waals surface area contributed by atoms with Crippen molar-refractivity contribution in [2.75, 3.05) is 0 Å². The van der Waals surface area contributed by atoms with E-state index in [0.717, 1.165) is 34.3 Å². The second kappa shape index (κ2) is 12.4. The number of hydrogen-bond acceptors (Lipinski definition) is 6. The highest BCUT2D eigenvalue weighted by Crippen LogP contribution is 2.65. The monoisotopic (exact) mass is 676 g/mol. The molecule has 1 heterocycles. The van der Waals surface area contributed by atoms with Crippen LogP contribution in [-0.2, 0) is 28.6 Å². The number of halogens is 2. The fourth-order valence-electron chi connectivity index (χ4n) is 5.87. The second-order valence-corrected chi connectivity index (χ2v) is 14.6. The van der Waals surface area contributed by atoms with E-state index in [4.69, 9.17) is 0 Å². The van der Waals surface area contributed by atoms with Gasteiger partial charge in [0.25, 0.3) is 0 Å². The Bertz CT molecular complexity index is 2080. The van der Waals surface area contributed by atoms with Gasteiger partial charge in [-0.3, -0.25) is 4.57 Å². The first-order valence-corrected chi connectivity index (χ1v) is 17.7. The largest absolute Gasteiger partial charge is 0.484 e. The number of benzene rings is 5. The minimum Gasteiger partial charge on any atom is -0.321 e. The van der Waals surface area contributed by atoms with Crippen LogP contribution in [-0.4, -0.2) is 39.5 Å². The minimum atomic E-state index is -5.50. The Morgan fingerprint density at radius 1 is 0.681 bits per heavy atom. The molecule has 1 unspecified atom stereocenters. The summed E-state index contributed by atoms with van der Waals surface area (Å²) in [6.07, 6.45) is 0.582. The van der Waals surface area contributed by atoms with Crippen molar-refractivity contribution >= 4 is 31.9 Å². The maximum atomic E-state index is 14.6. The molecule has 0 bridgehead atoms. The fourth-order valence-corrected chi connectivity index (χ4v) is 6.95. The van der Waals surface area contributed by atoms with Gasteiger partial charge in [0.15, 0.2) is 0 Å². The lowest BCUT2D eigenvalue weighted by molar-refractivity contribution is 0.0425. The third-order valence-electron chi connectivity index (χ3n) is 8.18. The summed E-state index contributed by atoms with van der Waals surface area (Å²) in [5, 5.41) is 8.94. The summed E-state index contributed by atoms with van der Waals surface area (Å²) in [6, 6.07) is 35.9. The van der Waals surface area contributed by atoms with E-state index in [1.54, 1.807) is 12.1 Å². The molecule has 0 aliphatic heterocycles. The van der Waals surface area contributed by atoms with Crippen LogP contribution in [0.3, 0.4) is 0 Å². The van der Waals surface area contributed by atoms with E-state index in [2.05, 4.69) is 10.3 Å². The van der Waals surface area contributed by atoms with Gasteiger partial charge in [-0.25, -0.2) is 4.68 Å². The number of hydrogen-bond donors (Lipinski definition) is 5. The van der Waals surface area contributed by atoms with E-state index in [1.165, 1.54) is 24.3 Å². The van der Waals surface area contributed by atoms with Gasteiger partial charge >= 0.3 is 21.2 Å². The van der Waals surface area contributed by atoms with Crippen LogP contribution in [0.15, 0.2) is 127 Å². The summed E-state index contributed by atoms with van der Waals surface area (Å²) < 4.78 is 43.0. The maximum Gasteiger partial charge on any atom is 0.484 e. The zero-order valence-corrected chi connectivity index (χ0v) is 26.5. The van der Waals surface area contributed by atoms with Crippen LogP contribution < -0.4 is 5.30 Å². The van der Waals surface area contributed by atoms with Gasteiger partial charge < -0.3 is 9.79 Å². The number of nitrogens with zero attached hydrogens (tertiary/aromatic N) is 3. The molecule has 0 saturated carbocycles. The third kappa shape index (κ3) is 6.52. The van der Waals surface area contributed by atoms with Gasteiger partial charge in [0.1, 0.15) is 5.52 Å². The molecule has 1 aromatic heterocycles. The predicted molar refractivity (Wildman–Crippen MR) is 176 cm³/mol. The van der Waals surface area contributed by atoms with E-state index in [9.17, 15) is 37.8 Å². The van der Waals surface area contributed by atoms with Gasteiger partial charge in [0.2, 0.25) is 0 Å². The first kappa shape index (κ1) is 32.7. The standard InChI is InChI=1S/C34H29F2N3O6P2/c35-34(36,47(43,44)45)29-18-16-24(17-19-29)22-33(28-11-2-1-3-12-28,39-32-15-5-4-14-31(32)37-38-39)23-25-8-6-9-26(20-25)27-10-7-13-30(21-27)46(40,41)42/h1-21,43-45H,22-23H2,(H-,40,41,42)/p+1. The van der Waals surface area contributed by atoms with Crippen molar-refractivity contribution in [2.24, 2.45) is 0 Å². The zero-order valence-electron chi connectivity index (χ0n) is 24.7. The van der Waals surface area contributed by atoms with Crippen molar-refractivity contribution in [1.82, 2.24) is 15.0 Å². The molecule has 47 heavy (non-hydrogen) atoms. The Kier molecular flexibility index (Phi) is 8.67. The number of alkyl halides is 2. The maximum absolute atomic E-state index is 14.6. The van der Waals surface area contributed by atoms with Crippen LogP contribution in [0.1, 0.15) is 22.3 Å². The van der Waals surface area contributed by atoms with Gasteiger partial charge in [-0.2, -0.15) is 23.5 Å². The van der Waals surface area contributed by atoms with Gasteiger partial charge in [-0.1, -0.05) is 96.2 Å². The molecule has 0 saturated heterocycles. The molecule has 0 aliphatic rings. The smallest absolute Gasteiger partial charge is 0.321 e. The van der Waals surface area contributed by atoms with Crippen molar-refractivity contribution < 1.29 is 37.8 Å². The lowest BCUT2D eigenvalue weighted by Crippen LogP contribution is -2.40. The number of fused-ring (bicyclic) bond motifs is 1. The van der Waals surface area contributed by atoms with E-state index >= 15 is 0 Å². The Balaban J connectivity index is 1.51. The molecular formula is C34H30F2N3O6P2+. The van der Waals surface area contributed by atoms with Crippen LogP contribution in [0.2, 0.25) is 0 Å². The van der Waals surface area contributed by atoms with Crippen LogP contribution in [0.25, 0.3) is 22.2 Å². The molecule has 240 valence electrons. The molecule has 0 fully saturated rings. The van der Waals surface area contributed by atoms with E-state index in [1.807, 2.05) is 83.5 Å². The Morgan fingerprint density at radius 2 is 1.30 bits per heavy atom. The van der Waals surface area contributed by atoms with Crippen molar-refractivity contribution in [3.8, 4) is 11.1 Å². The quantitative estimate of drug-likeness (QED) is 0.112. The highest BCUT2D eigenvalue weighted by Gasteiger charge is 2.63. The molecule has 13 heteroatoms. The number of para-hydroxylation sites is 1. The van der Waals surface area contributed by atoms with Crippen LogP contribution >= 0.6 is 15.5 Å². The summed E-state index contributed by atoms with van der Waals surface area (Å²) >= 11 is 0. The average molecular weight is 677 g/mol. The molecule has 0 radical (unpaired) electrons. The molecule has 0 amide bonds. The number of aromatic nitrogens is 3. The first-order chi connectivity index (χ1) is 22.3. The van der Waals surface area contributed by atoms with Crippen LogP contribution in [0, 0.1) is 0 Å². The second-order valence-electron chi connectivity index (χ2n) is 11.3.